The molecule has 0 aliphatic carbocycles. The van der Waals surface area contributed by atoms with Crippen molar-refractivity contribution >= 4 is 5.82 Å². The summed E-state index contributed by atoms with van der Waals surface area (Å²) in [7, 11) is 3.91. The van der Waals surface area contributed by atoms with E-state index in [-0.39, 0.29) is 5.56 Å². The van der Waals surface area contributed by atoms with E-state index in [0.717, 1.165) is 31.2 Å². The van der Waals surface area contributed by atoms with Crippen molar-refractivity contribution in [3.05, 3.63) is 22.2 Å². The zero-order valence-corrected chi connectivity index (χ0v) is 11.1. The van der Waals surface area contributed by atoms with Gasteiger partial charge in [0.25, 0.3) is 5.56 Å². The number of nitrogens with one attached hydrogen (secondary N) is 2. The Hall–Kier alpha value is -1.36. The summed E-state index contributed by atoms with van der Waals surface area (Å²) >= 11 is 0. The molecule has 1 aromatic heterocycles. The first-order valence-corrected chi connectivity index (χ1v) is 6.02. The van der Waals surface area contributed by atoms with Crippen molar-refractivity contribution in [1.29, 1.82) is 0 Å². The summed E-state index contributed by atoms with van der Waals surface area (Å²) in [6, 6.07) is 1.55. The maximum atomic E-state index is 11.5. The van der Waals surface area contributed by atoms with Crippen molar-refractivity contribution in [2.45, 2.75) is 20.3 Å². The smallest absolute Gasteiger partial charge is 0.252 e. The molecule has 0 aliphatic rings. The Balaban J connectivity index is 2.77. The fraction of sp³-hybridized carbons (Fsp3) is 0.667. The summed E-state index contributed by atoms with van der Waals surface area (Å²) in [5.74, 6) is 1.99. The van der Waals surface area contributed by atoms with E-state index in [0.29, 0.717) is 5.92 Å². The molecule has 1 aromatic rings. The van der Waals surface area contributed by atoms with Crippen LogP contribution in [0.1, 0.15) is 19.7 Å². The maximum Gasteiger partial charge on any atom is 0.252 e. The van der Waals surface area contributed by atoms with E-state index in [2.05, 4.69) is 22.2 Å². The Labute approximate surface area is 102 Å². The van der Waals surface area contributed by atoms with Crippen LogP contribution >= 0.6 is 0 Å². The van der Waals surface area contributed by atoms with Crippen LogP contribution in [0.15, 0.2) is 10.9 Å². The fourth-order valence-electron chi connectivity index (χ4n) is 1.83. The van der Waals surface area contributed by atoms with Crippen LogP contribution in [0, 0.1) is 5.92 Å². The minimum atomic E-state index is -0.0834. The SMILES string of the molecule is CCc1nc(N(C)CC(C)CNC)cc(=O)[nH]1. The first-order valence-electron chi connectivity index (χ1n) is 6.02. The molecule has 1 unspecified atom stereocenters. The lowest BCUT2D eigenvalue weighted by Crippen LogP contribution is -2.31. The molecule has 5 heteroatoms. The van der Waals surface area contributed by atoms with Crippen molar-refractivity contribution < 1.29 is 0 Å². The van der Waals surface area contributed by atoms with Gasteiger partial charge in [-0.2, -0.15) is 0 Å². The van der Waals surface area contributed by atoms with Gasteiger partial charge in [0.1, 0.15) is 11.6 Å². The van der Waals surface area contributed by atoms with Gasteiger partial charge < -0.3 is 15.2 Å². The second-order valence-corrected chi connectivity index (χ2v) is 4.45. The Morgan fingerprint density at radius 2 is 2.29 bits per heavy atom. The van der Waals surface area contributed by atoms with Crippen molar-refractivity contribution in [1.82, 2.24) is 15.3 Å². The number of aryl methyl sites for hydroxylation is 1. The molecule has 0 fully saturated rings. The highest BCUT2D eigenvalue weighted by Gasteiger charge is 2.09. The molecule has 2 N–H and O–H groups in total. The van der Waals surface area contributed by atoms with Crippen molar-refractivity contribution in [2.24, 2.45) is 5.92 Å². The number of rotatable bonds is 6. The van der Waals surface area contributed by atoms with Crippen LogP contribution in [0.5, 0.6) is 0 Å². The van der Waals surface area contributed by atoms with E-state index in [9.17, 15) is 4.79 Å². The van der Waals surface area contributed by atoms with Crippen molar-refractivity contribution in [3.63, 3.8) is 0 Å². The lowest BCUT2D eigenvalue weighted by Gasteiger charge is -2.22. The number of aromatic amines is 1. The number of anilines is 1. The number of aromatic nitrogens is 2. The molecule has 0 saturated heterocycles. The van der Waals surface area contributed by atoms with Gasteiger partial charge in [0, 0.05) is 26.1 Å². The maximum absolute atomic E-state index is 11.5. The van der Waals surface area contributed by atoms with E-state index in [4.69, 9.17) is 0 Å². The number of nitrogens with zero attached hydrogens (tertiary/aromatic N) is 2. The van der Waals surface area contributed by atoms with Crippen LogP contribution in [0.2, 0.25) is 0 Å². The first-order chi connectivity index (χ1) is 8.06. The molecule has 0 amide bonds. The molecule has 1 atom stereocenters. The third-order valence-electron chi connectivity index (χ3n) is 2.64. The molecule has 1 rings (SSSR count). The van der Waals surface area contributed by atoms with Gasteiger partial charge in [-0.3, -0.25) is 4.79 Å². The van der Waals surface area contributed by atoms with Gasteiger partial charge in [-0.05, 0) is 19.5 Å². The molecule has 0 saturated carbocycles. The molecule has 5 nitrogen and oxygen atoms in total. The fourth-order valence-corrected chi connectivity index (χ4v) is 1.83. The Bertz CT molecular complexity index is 402. The summed E-state index contributed by atoms with van der Waals surface area (Å²) in [6.07, 6.45) is 0.739. The molecule has 0 aromatic carbocycles. The van der Waals surface area contributed by atoms with Gasteiger partial charge in [0.05, 0.1) is 0 Å². The molecule has 17 heavy (non-hydrogen) atoms. The van der Waals surface area contributed by atoms with Crippen LogP contribution < -0.4 is 15.8 Å². The number of H-pyrrole nitrogens is 1. The van der Waals surface area contributed by atoms with Gasteiger partial charge in [0.2, 0.25) is 0 Å². The molecule has 0 spiro atoms. The van der Waals surface area contributed by atoms with E-state index in [1.807, 2.05) is 25.9 Å². The largest absolute Gasteiger partial charge is 0.359 e. The highest BCUT2D eigenvalue weighted by atomic mass is 16.1. The Kier molecular flexibility index (Phi) is 5.15. The third kappa shape index (κ3) is 4.19. The van der Waals surface area contributed by atoms with Crippen LogP contribution in [0.25, 0.3) is 0 Å². The van der Waals surface area contributed by atoms with Crippen LogP contribution in [-0.2, 0) is 6.42 Å². The average Bonchev–Trinajstić information content (AvgIpc) is 2.28. The summed E-state index contributed by atoms with van der Waals surface area (Å²) in [4.78, 5) is 20.6. The normalized spacial score (nSPS) is 12.5. The minimum Gasteiger partial charge on any atom is -0.359 e. The molecular weight excluding hydrogens is 216 g/mol. The molecular formula is C12H22N4O. The highest BCUT2D eigenvalue weighted by Crippen LogP contribution is 2.08. The Morgan fingerprint density at radius 1 is 1.59 bits per heavy atom. The summed E-state index contributed by atoms with van der Waals surface area (Å²) in [5.41, 5.74) is -0.0834. The molecule has 1 heterocycles. The monoisotopic (exact) mass is 238 g/mol. The lowest BCUT2D eigenvalue weighted by atomic mass is 10.1. The molecule has 96 valence electrons. The highest BCUT2D eigenvalue weighted by molar-refractivity contribution is 5.36. The summed E-state index contributed by atoms with van der Waals surface area (Å²) in [6.45, 7) is 5.97. The topological polar surface area (TPSA) is 61.0 Å². The van der Waals surface area contributed by atoms with Gasteiger partial charge in [-0.1, -0.05) is 13.8 Å². The van der Waals surface area contributed by atoms with E-state index in [1.165, 1.54) is 0 Å². The second kappa shape index (κ2) is 6.39. The number of hydrogen-bond donors (Lipinski definition) is 2. The third-order valence-corrected chi connectivity index (χ3v) is 2.64. The molecule has 0 bridgehead atoms. The summed E-state index contributed by atoms with van der Waals surface area (Å²) < 4.78 is 0. The number of hydrogen-bond acceptors (Lipinski definition) is 4. The van der Waals surface area contributed by atoms with Crippen LogP contribution in [-0.4, -0.2) is 37.2 Å². The van der Waals surface area contributed by atoms with E-state index < -0.39 is 0 Å². The van der Waals surface area contributed by atoms with Crippen molar-refractivity contribution in [3.8, 4) is 0 Å². The first kappa shape index (κ1) is 13.7. The zero-order chi connectivity index (χ0) is 12.8. The predicted molar refractivity (Wildman–Crippen MR) is 70.6 cm³/mol. The average molecular weight is 238 g/mol. The van der Waals surface area contributed by atoms with Gasteiger partial charge in [0.15, 0.2) is 0 Å². The van der Waals surface area contributed by atoms with Crippen molar-refractivity contribution in [2.75, 3.05) is 32.1 Å². The van der Waals surface area contributed by atoms with E-state index in [1.54, 1.807) is 6.07 Å². The summed E-state index contributed by atoms with van der Waals surface area (Å²) in [5, 5.41) is 3.14. The zero-order valence-electron chi connectivity index (χ0n) is 11.1. The lowest BCUT2D eigenvalue weighted by molar-refractivity contribution is 0.540. The Morgan fingerprint density at radius 3 is 2.88 bits per heavy atom. The minimum absolute atomic E-state index is 0.0834. The van der Waals surface area contributed by atoms with Gasteiger partial charge in [-0.15, -0.1) is 0 Å². The standard InChI is InChI=1S/C12H22N4O/c1-5-10-14-11(6-12(17)15-10)16(4)8-9(2)7-13-3/h6,9,13H,5,7-8H2,1-4H3,(H,14,15,17). The van der Waals surface area contributed by atoms with Gasteiger partial charge in [-0.25, -0.2) is 4.98 Å². The van der Waals surface area contributed by atoms with Crippen LogP contribution in [0.4, 0.5) is 5.82 Å². The predicted octanol–water partition coefficient (Wildman–Crippen LogP) is 0.624. The molecule has 0 aliphatic heterocycles. The molecule has 0 radical (unpaired) electrons. The quantitative estimate of drug-likeness (QED) is 0.763. The van der Waals surface area contributed by atoms with E-state index >= 15 is 0 Å². The van der Waals surface area contributed by atoms with Gasteiger partial charge >= 0.3 is 0 Å². The second-order valence-electron chi connectivity index (χ2n) is 4.45. The van der Waals surface area contributed by atoms with Crippen LogP contribution in [0.3, 0.4) is 0 Å².